The summed E-state index contributed by atoms with van der Waals surface area (Å²) in [6, 6.07) is 0. The number of esters is 1. The molecule has 0 saturated carbocycles. The maximum Gasteiger partial charge on any atom is 0.305 e. The molecular formula is C37H72O6. The van der Waals surface area contributed by atoms with Crippen molar-refractivity contribution < 1.29 is 29.6 Å². The minimum absolute atomic E-state index is 0.0739. The lowest BCUT2D eigenvalue weighted by atomic mass is 9.94. The Balaban J connectivity index is 3.16. The van der Waals surface area contributed by atoms with Gasteiger partial charge in [0.25, 0.3) is 0 Å². The average molecular weight is 613 g/mol. The number of aliphatic hydroxyl groups excluding tert-OH is 2. The van der Waals surface area contributed by atoms with E-state index >= 15 is 0 Å². The molecule has 3 N–H and O–H groups in total. The van der Waals surface area contributed by atoms with E-state index in [2.05, 4.69) is 0 Å². The number of hydrogen-bond donors (Lipinski definition) is 3. The predicted molar refractivity (Wildman–Crippen MR) is 179 cm³/mol. The van der Waals surface area contributed by atoms with Gasteiger partial charge < -0.3 is 20.1 Å². The number of hydrogen-bond acceptors (Lipinski definition) is 5. The van der Waals surface area contributed by atoms with Gasteiger partial charge in [-0.15, -0.1) is 0 Å². The molecule has 0 saturated heterocycles. The zero-order valence-electron chi connectivity index (χ0n) is 28.4. The fraction of sp³-hybridized carbons (Fsp3) is 0.946. The third kappa shape index (κ3) is 32.1. The normalized spacial score (nSPS) is 11.7. The van der Waals surface area contributed by atoms with Crippen LogP contribution in [-0.2, 0) is 14.3 Å². The second kappa shape index (κ2) is 32.3. The Labute approximate surface area is 266 Å². The molecule has 0 heterocycles. The number of carbonyl (C=O) groups excluding carboxylic acids is 1. The fourth-order valence-corrected chi connectivity index (χ4v) is 5.61. The van der Waals surface area contributed by atoms with E-state index < -0.39 is 11.4 Å². The Morgan fingerprint density at radius 1 is 0.442 bits per heavy atom. The van der Waals surface area contributed by atoms with Crippen LogP contribution in [0.4, 0.5) is 0 Å². The SMILES string of the molecule is CC(CO)(CO)COC(=O)CCCCCCCCCCCCCCCCCCCCCCCCCCCCCCC(=O)O. The van der Waals surface area contributed by atoms with Crippen LogP contribution >= 0.6 is 0 Å². The van der Waals surface area contributed by atoms with Crippen molar-refractivity contribution in [3.8, 4) is 0 Å². The molecule has 0 aliphatic carbocycles. The van der Waals surface area contributed by atoms with E-state index in [0.717, 1.165) is 25.7 Å². The smallest absolute Gasteiger partial charge is 0.305 e. The molecule has 0 atom stereocenters. The first kappa shape index (κ1) is 41.9. The number of carbonyl (C=O) groups is 2. The first-order valence-electron chi connectivity index (χ1n) is 18.5. The third-order valence-electron chi connectivity index (χ3n) is 8.87. The van der Waals surface area contributed by atoms with Crippen molar-refractivity contribution in [3.05, 3.63) is 0 Å². The quantitative estimate of drug-likeness (QED) is 0.0486. The maximum atomic E-state index is 11.8. The summed E-state index contributed by atoms with van der Waals surface area (Å²) in [5.74, 6) is -0.888. The van der Waals surface area contributed by atoms with Gasteiger partial charge in [-0.05, 0) is 12.8 Å². The summed E-state index contributed by atoms with van der Waals surface area (Å²) < 4.78 is 5.19. The van der Waals surface area contributed by atoms with Gasteiger partial charge in [-0.25, -0.2) is 0 Å². The van der Waals surface area contributed by atoms with Gasteiger partial charge in [0, 0.05) is 18.3 Å². The topological polar surface area (TPSA) is 104 Å². The summed E-state index contributed by atoms with van der Waals surface area (Å²) in [6.07, 6.45) is 37.3. The van der Waals surface area contributed by atoms with Gasteiger partial charge in [0.15, 0.2) is 0 Å². The van der Waals surface area contributed by atoms with Crippen LogP contribution in [-0.4, -0.2) is 47.1 Å². The van der Waals surface area contributed by atoms with Crippen LogP contribution in [0.3, 0.4) is 0 Å². The molecule has 0 aromatic carbocycles. The Bertz CT molecular complexity index is 604. The molecule has 0 bridgehead atoms. The number of aliphatic hydroxyl groups is 2. The van der Waals surface area contributed by atoms with Gasteiger partial charge in [0.05, 0.1) is 13.2 Å². The lowest BCUT2D eigenvalue weighted by Gasteiger charge is -2.23. The number of aliphatic carboxylic acids is 1. The molecule has 0 aromatic heterocycles. The molecule has 0 fully saturated rings. The van der Waals surface area contributed by atoms with E-state index in [9.17, 15) is 19.8 Å². The fourth-order valence-electron chi connectivity index (χ4n) is 5.61. The van der Waals surface area contributed by atoms with Gasteiger partial charge in [-0.3, -0.25) is 9.59 Å². The molecular weight excluding hydrogens is 540 g/mol. The lowest BCUT2D eigenvalue weighted by Crippen LogP contribution is -2.32. The molecule has 0 radical (unpaired) electrons. The van der Waals surface area contributed by atoms with Crippen molar-refractivity contribution >= 4 is 11.9 Å². The Morgan fingerprint density at radius 3 is 0.907 bits per heavy atom. The van der Waals surface area contributed by atoms with Gasteiger partial charge in [-0.2, -0.15) is 0 Å². The van der Waals surface area contributed by atoms with Crippen molar-refractivity contribution in [1.82, 2.24) is 0 Å². The number of carboxylic acid groups (broad SMARTS) is 1. The van der Waals surface area contributed by atoms with Crippen molar-refractivity contribution in [3.63, 3.8) is 0 Å². The minimum atomic E-state index is -0.743. The van der Waals surface area contributed by atoms with Gasteiger partial charge in [0.1, 0.15) is 6.61 Å². The molecule has 43 heavy (non-hydrogen) atoms. The summed E-state index contributed by atoms with van der Waals surface area (Å²) in [5.41, 5.74) is -0.743. The van der Waals surface area contributed by atoms with E-state index in [1.54, 1.807) is 6.92 Å². The second-order valence-electron chi connectivity index (χ2n) is 13.6. The molecule has 0 amide bonds. The number of rotatable bonds is 35. The summed E-state index contributed by atoms with van der Waals surface area (Å²) in [7, 11) is 0. The average Bonchev–Trinajstić information content (AvgIpc) is 3.00. The van der Waals surface area contributed by atoms with Crippen LogP contribution in [0.5, 0.6) is 0 Å². The Morgan fingerprint density at radius 2 is 0.674 bits per heavy atom. The molecule has 256 valence electrons. The zero-order chi connectivity index (χ0) is 31.7. The molecule has 0 aliphatic heterocycles. The molecule has 6 nitrogen and oxygen atoms in total. The molecule has 0 rings (SSSR count). The van der Waals surface area contributed by atoms with E-state index in [1.807, 2.05) is 0 Å². The first-order valence-corrected chi connectivity index (χ1v) is 18.5. The Kier molecular flexibility index (Phi) is 31.4. The summed E-state index contributed by atoms with van der Waals surface area (Å²) in [4.78, 5) is 22.3. The highest BCUT2D eigenvalue weighted by Crippen LogP contribution is 2.18. The minimum Gasteiger partial charge on any atom is -0.481 e. The van der Waals surface area contributed by atoms with Crippen LogP contribution in [0.2, 0.25) is 0 Å². The van der Waals surface area contributed by atoms with Gasteiger partial charge in [-0.1, -0.05) is 174 Å². The highest BCUT2D eigenvalue weighted by atomic mass is 16.5. The third-order valence-corrected chi connectivity index (χ3v) is 8.87. The van der Waals surface area contributed by atoms with Crippen molar-refractivity contribution in [2.75, 3.05) is 19.8 Å². The van der Waals surface area contributed by atoms with E-state index in [1.165, 1.54) is 154 Å². The molecule has 0 aromatic rings. The molecule has 0 aliphatic rings. The van der Waals surface area contributed by atoms with Crippen LogP contribution in [0.25, 0.3) is 0 Å². The highest BCUT2D eigenvalue weighted by molar-refractivity contribution is 5.69. The molecule has 0 unspecified atom stereocenters. The van der Waals surface area contributed by atoms with E-state index in [0.29, 0.717) is 12.8 Å². The standard InChI is InChI=1S/C37H72O6/c1-37(32-38,33-39)34-43-36(42)31-29-27-25-23-21-19-17-15-13-11-9-7-5-3-2-4-6-8-10-12-14-16-18-20-22-24-26-28-30-35(40)41/h38-39H,2-34H2,1H3,(H,40,41). The number of unbranched alkanes of at least 4 members (excludes halogenated alkanes) is 27. The summed E-state index contributed by atoms with van der Waals surface area (Å²) in [5, 5.41) is 27.1. The monoisotopic (exact) mass is 613 g/mol. The molecule has 0 spiro atoms. The number of carboxylic acids is 1. The second-order valence-corrected chi connectivity index (χ2v) is 13.6. The van der Waals surface area contributed by atoms with Crippen LogP contribution in [0.15, 0.2) is 0 Å². The van der Waals surface area contributed by atoms with Crippen LogP contribution in [0.1, 0.15) is 200 Å². The van der Waals surface area contributed by atoms with Crippen molar-refractivity contribution in [2.24, 2.45) is 5.41 Å². The molecule has 6 heteroatoms. The van der Waals surface area contributed by atoms with Gasteiger partial charge >= 0.3 is 11.9 Å². The van der Waals surface area contributed by atoms with Crippen molar-refractivity contribution in [1.29, 1.82) is 0 Å². The van der Waals surface area contributed by atoms with E-state index in [-0.39, 0.29) is 25.8 Å². The largest absolute Gasteiger partial charge is 0.481 e. The van der Waals surface area contributed by atoms with Crippen LogP contribution < -0.4 is 0 Å². The Hall–Kier alpha value is -1.14. The summed E-state index contributed by atoms with van der Waals surface area (Å²) in [6.45, 7) is 1.40. The van der Waals surface area contributed by atoms with E-state index in [4.69, 9.17) is 9.84 Å². The number of ether oxygens (including phenoxy) is 1. The van der Waals surface area contributed by atoms with Gasteiger partial charge in [0.2, 0.25) is 0 Å². The lowest BCUT2D eigenvalue weighted by molar-refractivity contribution is -0.149. The first-order chi connectivity index (χ1) is 20.9. The highest BCUT2D eigenvalue weighted by Gasteiger charge is 2.24. The summed E-state index contributed by atoms with van der Waals surface area (Å²) >= 11 is 0. The maximum absolute atomic E-state index is 11.8. The van der Waals surface area contributed by atoms with Crippen molar-refractivity contribution in [2.45, 2.75) is 200 Å². The van der Waals surface area contributed by atoms with Crippen LogP contribution in [0, 0.1) is 5.41 Å². The predicted octanol–water partition coefficient (Wildman–Crippen LogP) is 10.3. The zero-order valence-corrected chi connectivity index (χ0v) is 28.4.